The summed E-state index contributed by atoms with van der Waals surface area (Å²) < 4.78 is 294. The number of fused-ring (bicyclic) bond motifs is 23. The van der Waals surface area contributed by atoms with E-state index in [9.17, 15) is 96.1 Å². The maximum atomic E-state index is 15.1. The molecule has 8 aromatic rings. The van der Waals surface area contributed by atoms with Crippen molar-refractivity contribution in [2.75, 3.05) is 41.7 Å². The Bertz CT molecular complexity index is 7640. The first-order valence-corrected chi connectivity index (χ1v) is 50.5. The van der Waals surface area contributed by atoms with E-state index in [4.69, 9.17) is 48.7 Å². The number of nitrogens with one attached hydrogen (secondary N) is 4. The van der Waals surface area contributed by atoms with Crippen LogP contribution in [0.3, 0.4) is 0 Å². The molecule has 0 radical (unpaired) electrons. The van der Waals surface area contributed by atoms with Gasteiger partial charge in [0.2, 0.25) is 22.8 Å². The third kappa shape index (κ3) is 15.3. The highest BCUT2D eigenvalue weighted by atomic mass is 32.3. The molecule has 0 aliphatic carbocycles. The van der Waals surface area contributed by atoms with Crippen molar-refractivity contribution < 1.29 is 154 Å². The van der Waals surface area contributed by atoms with E-state index in [1.54, 1.807) is 0 Å². The average molecular weight is 1950 g/mol. The minimum absolute atomic E-state index is 0.0251. The summed E-state index contributed by atoms with van der Waals surface area (Å²) >= 11 is 0. The van der Waals surface area contributed by atoms with Gasteiger partial charge in [0, 0.05) is 0 Å². The first-order valence-electron chi connectivity index (χ1n) is 34.4. The van der Waals surface area contributed by atoms with Crippen molar-refractivity contribution in [1.82, 2.24) is 0 Å². The van der Waals surface area contributed by atoms with Crippen LogP contribution < -0.4 is 41.7 Å². The van der Waals surface area contributed by atoms with E-state index in [1.807, 2.05) is 0 Å². The van der Waals surface area contributed by atoms with Crippen LogP contribution in [-0.2, 0) is 168 Å². The Morgan fingerprint density at radius 2 is 0.559 bits per heavy atom. The van der Waals surface area contributed by atoms with Crippen LogP contribution in [0.15, 0.2) is 274 Å². The third-order valence-electron chi connectivity index (χ3n) is 17.9. The summed E-state index contributed by atoms with van der Waals surface area (Å²) in [7, 11) is -66.8. The van der Waals surface area contributed by atoms with Gasteiger partial charge in [-0.3, -0.25) is 40.9 Å². The fourth-order valence-electron chi connectivity index (χ4n) is 11.9. The molecular formula is C64H36N16O36S8Si3. The first kappa shape index (κ1) is 83.9. The highest BCUT2D eigenvalue weighted by Gasteiger charge is 2.68. The van der Waals surface area contributed by atoms with E-state index in [0.717, 1.165) is 146 Å². The topological polar surface area (TPSA) is 680 Å². The number of carbonyl (C=O) groups excluding carboxylic acids is 8. The molecule has 16 aliphatic rings. The molecule has 52 nitrogen and oxygen atoms in total. The quantitative estimate of drug-likeness (QED) is 0.106. The molecule has 8 aromatic carbocycles. The van der Waals surface area contributed by atoms with Crippen LogP contribution in [0.2, 0.25) is 0 Å². The Morgan fingerprint density at radius 3 is 0.874 bits per heavy atom. The predicted octanol–water partition coefficient (Wildman–Crippen LogP) is -0.326. The molecule has 0 fully saturated rings. The predicted molar refractivity (Wildman–Crippen MR) is 423 cm³/mol. The highest BCUT2D eigenvalue weighted by Crippen LogP contribution is 2.39. The second kappa shape index (κ2) is 29.6. The van der Waals surface area contributed by atoms with Crippen molar-refractivity contribution in [2.24, 2.45) is 40.8 Å². The monoisotopic (exact) mass is 1940 g/mol. The van der Waals surface area contributed by atoms with Crippen molar-refractivity contribution in [3.8, 4) is 0 Å². The molecule has 127 heavy (non-hydrogen) atoms. The number of rotatable bonds is 9. The molecule has 3 unspecified atom stereocenters. The highest BCUT2D eigenvalue weighted by molar-refractivity contribution is 7.92. The van der Waals surface area contributed by atoms with Crippen LogP contribution in [0.1, 0.15) is 0 Å². The summed E-state index contributed by atoms with van der Waals surface area (Å²) in [6, 6.07) is 26.3. The number of amides is 4. The zero-order valence-corrected chi connectivity index (χ0v) is 70.8. The van der Waals surface area contributed by atoms with E-state index in [-0.39, 0.29) is 39.1 Å². The first-order chi connectivity index (χ1) is 59.9. The van der Waals surface area contributed by atoms with E-state index in [1.165, 1.54) is 0 Å². The lowest BCUT2D eigenvalue weighted by Gasteiger charge is -2.26. The van der Waals surface area contributed by atoms with Crippen LogP contribution in [0.25, 0.3) is 0 Å². The number of nitrogens with zero attached hydrogens (tertiary/aromatic N) is 12. The second-order valence-electron chi connectivity index (χ2n) is 26.0. The Kier molecular flexibility index (Phi) is 19.5. The van der Waals surface area contributed by atoms with E-state index in [2.05, 4.69) is 62.5 Å². The molecule has 0 aromatic heterocycles. The normalized spacial score (nSPS) is 24.1. The zero-order chi connectivity index (χ0) is 89.9. The molecule has 1 spiro atoms. The molecule has 0 saturated heterocycles. The summed E-state index contributed by atoms with van der Waals surface area (Å²) in [5.74, 6) is -13.8. The van der Waals surface area contributed by atoms with Gasteiger partial charge in [0.1, 0.15) is 0 Å². The number of hydrogen-bond acceptors (Lipinski definition) is 48. The second-order valence-corrected chi connectivity index (χ2v) is 46.2. The van der Waals surface area contributed by atoms with Gasteiger partial charge >= 0.3 is 74.6 Å². The van der Waals surface area contributed by atoms with Crippen molar-refractivity contribution in [3.63, 3.8) is 0 Å². The minimum Gasteiger partial charge on any atom is -0.445 e. The summed E-state index contributed by atoms with van der Waals surface area (Å²) in [5.41, 5.74) is -1.79. The number of hydrogen-bond donors (Lipinski definition) is 4. The van der Waals surface area contributed by atoms with Crippen molar-refractivity contribution >= 4 is 247 Å². The number of carbonyl (C=O) groups is 8. The van der Waals surface area contributed by atoms with Gasteiger partial charge in [-0.2, -0.15) is 128 Å². The molecule has 4 amide bonds. The van der Waals surface area contributed by atoms with Crippen LogP contribution in [0.5, 0.6) is 0 Å². The molecule has 20 bridgehead atoms. The van der Waals surface area contributed by atoms with Crippen LogP contribution in [-0.4, -0.2) is 188 Å². The van der Waals surface area contributed by atoms with E-state index in [0.29, 0.717) is 63.6 Å². The number of anilines is 8. The molecule has 648 valence electrons. The smallest absolute Gasteiger partial charge is 0.445 e. The lowest BCUT2D eigenvalue weighted by Crippen LogP contribution is -2.56. The summed E-state index contributed by atoms with van der Waals surface area (Å²) in [4.78, 5) is 108. The van der Waals surface area contributed by atoms with E-state index >= 15 is 9.59 Å². The molecular weight excluding hydrogens is 1910 g/mol. The maximum absolute atomic E-state index is 15.1. The summed E-state index contributed by atoms with van der Waals surface area (Å²) in [6.45, 7) is 0. The van der Waals surface area contributed by atoms with Crippen LogP contribution in [0.4, 0.5) is 45.5 Å². The fraction of sp³-hybridized carbons (Fsp3) is 0. The largest absolute Gasteiger partial charge is 0.856 e. The van der Waals surface area contributed by atoms with Gasteiger partial charge in [0.05, 0.1) is 84.7 Å². The van der Waals surface area contributed by atoms with Crippen molar-refractivity contribution in [3.05, 3.63) is 194 Å². The number of benzene rings is 8. The summed E-state index contributed by atoms with van der Waals surface area (Å²) in [6.07, 6.45) is 0. The van der Waals surface area contributed by atoms with Gasteiger partial charge in [-0.25, -0.2) is 50.2 Å². The number of hydrazone groups is 8. The van der Waals surface area contributed by atoms with Gasteiger partial charge in [0.15, 0.2) is 22.8 Å². The van der Waals surface area contributed by atoms with Crippen molar-refractivity contribution in [2.45, 2.75) is 39.2 Å². The standard InChI is InChI=1S/C64H36N16O36S8Si3/c81-57-49(70-66-34-3-19-42(20-4-34)119(93,94)111-126-107-63(87)55-51(71-67-35-5-21-43(22-6-35)120(95,96)112-126)59(83)79(75-55)39-13-29-46(30-14-39)122(99,100)114-126)53-61(85)105-125(110-118(91,92)45-25-9-37(10-26-45)77(57)73-53)106-62(86)54-50(69-65-33-1-17-41(18-2-33)117(89,90)109-125)58(82)78(74-54)38-11-27-47(28-12-38)123(101,102)115-127-108-64(88)56-52(72-68-36-7-23-44(24-8-36)121(97,98)113-127)60(84)80(76-56)40-15-31-48(32-16-40)124(103,104)116-127/h1-32,65-68H/b69-50+,70-49+,71-51?,72-52?. The molecule has 16 heterocycles. The molecule has 24 rings (SSSR count). The zero-order valence-electron chi connectivity index (χ0n) is 61.3. The van der Waals surface area contributed by atoms with Gasteiger partial charge in [-0.15, -0.1) is 0 Å². The van der Waals surface area contributed by atoms with Gasteiger partial charge < -0.3 is 17.7 Å². The Morgan fingerprint density at radius 1 is 0.307 bits per heavy atom. The summed E-state index contributed by atoms with van der Waals surface area (Å²) in [5, 5.41) is 33.2. The molecule has 0 saturated carbocycles. The average Bonchev–Trinajstić information content (AvgIpc) is 1.74. The Hall–Kier alpha value is -14.0. The Balaban J connectivity index is 0.662. The fourth-order valence-corrected chi connectivity index (χ4v) is 32.6. The van der Waals surface area contributed by atoms with E-state index < -0.39 is 252 Å². The maximum Gasteiger partial charge on any atom is 0.856 e. The van der Waals surface area contributed by atoms with Gasteiger partial charge in [-0.1, -0.05) is 0 Å². The molecule has 3 atom stereocenters. The Labute approximate surface area is 712 Å². The third-order valence-corrected chi connectivity index (χ3v) is 39.9. The molecule has 4 N–H and O–H groups in total. The van der Waals surface area contributed by atoms with Gasteiger partial charge in [0.25, 0.3) is 80.9 Å². The SMILES string of the molecule is O=C1O[Si]2(OS(=O)(=O)c3ccc(N/N=C4/C(=O)N5N=C4C(=O)O[Si]4(OC(=O)C6=NN(c7ccc(S(=O)(=O)O[Si]89OC(=O)C%10=NN(C(=O)C%10=NNc%10ccc(cc%10)S(=O)(=O)O8)c8ccc(cc8)S(=O)(=O)O9)cc7)C(=O)/C6=N/Nc6ccc(cc6)S(=O)(=O)O4)OS(=O)(=O)c4ccc5cc4)cc3)OS(=O)(=O)c3ccc(cc3)NN=C3C(=O)N(N=C13)c1ccc(cc1)S(=O)(=O)O2. The molecule has 16 aliphatic heterocycles. The minimum atomic E-state index is -7.12. The molecule has 63 heteroatoms. The lowest BCUT2D eigenvalue weighted by molar-refractivity contribution is -0.139. The van der Waals surface area contributed by atoms with Crippen LogP contribution >= 0.6 is 0 Å². The van der Waals surface area contributed by atoms with Gasteiger partial charge in [-0.05, 0) is 194 Å². The van der Waals surface area contributed by atoms with Crippen LogP contribution in [0, 0.1) is 0 Å². The van der Waals surface area contributed by atoms with Crippen molar-refractivity contribution in [1.29, 1.82) is 0 Å². The lowest BCUT2D eigenvalue weighted by atomic mass is 10.2.